The standard InChI is InChI=1S/C12H25N3O/c1-4-15(3)9-8-13-12(16)11-7-5-6-10(2)14-11/h10-11,14H,4-9H2,1-3H3,(H,13,16). The molecule has 0 saturated carbocycles. The fraction of sp³-hybridized carbons (Fsp3) is 0.917. The van der Waals surface area contributed by atoms with E-state index in [1.54, 1.807) is 0 Å². The Morgan fingerprint density at radius 2 is 2.25 bits per heavy atom. The van der Waals surface area contributed by atoms with Crippen molar-refractivity contribution in [3.8, 4) is 0 Å². The predicted molar refractivity (Wildman–Crippen MR) is 66.4 cm³/mol. The number of amides is 1. The van der Waals surface area contributed by atoms with Crippen molar-refractivity contribution in [1.29, 1.82) is 0 Å². The Morgan fingerprint density at radius 1 is 1.50 bits per heavy atom. The van der Waals surface area contributed by atoms with Crippen molar-refractivity contribution in [3.05, 3.63) is 0 Å². The van der Waals surface area contributed by atoms with E-state index >= 15 is 0 Å². The molecule has 0 aromatic heterocycles. The van der Waals surface area contributed by atoms with Gasteiger partial charge in [-0.3, -0.25) is 4.79 Å². The van der Waals surface area contributed by atoms with Gasteiger partial charge in [-0.25, -0.2) is 0 Å². The minimum absolute atomic E-state index is 0.0238. The normalized spacial score (nSPS) is 25.8. The van der Waals surface area contributed by atoms with Crippen LogP contribution >= 0.6 is 0 Å². The van der Waals surface area contributed by atoms with Crippen molar-refractivity contribution in [1.82, 2.24) is 15.5 Å². The number of hydrogen-bond donors (Lipinski definition) is 2. The van der Waals surface area contributed by atoms with Gasteiger partial charge in [-0.05, 0) is 39.8 Å². The minimum atomic E-state index is 0.0238. The van der Waals surface area contributed by atoms with E-state index in [0.717, 1.165) is 32.5 Å². The van der Waals surface area contributed by atoms with Crippen LogP contribution in [0, 0.1) is 0 Å². The fourth-order valence-electron chi connectivity index (χ4n) is 2.00. The molecule has 0 bridgehead atoms. The third-order valence-electron chi connectivity index (χ3n) is 3.26. The third-order valence-corrected chi connectivity index (χ3v) is 3.26. The van der Waals surface area contributed by atoms with Gasteiger partial charge < -0.3 is 15.5 Å². The molecule has 0 aromatic rings. The first kappa shape index (κ1) is 13.5. The van der Waals surface area contributed by atoms with Crippen molar-refractivity contribution >= 4 is 5.91 Å². The van der Waals surface area contributed by atoms with Gasteiger partial charge in [0.1, 0.15) is 0 Å². The number of piperidine rings is 1. The number of carbonyl (C=O) groups excluding carboxylic acids is 1. The van der Waals surface area contributed by atoms with Gasteiger partial charge in [-0.2, -0.15) is 0 Å². The maximum atomic E-state index is 11.8. The Morgan fingerprint density at radius 3 is 2.88 bits per heavy atom. The van der Waals surface area contributed by atoms with Crippen LogP contribution in [-0.2, 0) is 4.79 Å². The molecule has 0 aromatic carbocycles. The van der Waals surface area contributed by atoms with Crippen LogP contribution in [-0.4, -0.2) is 49.6 Å². The summed E-state index contributed by atoms with van der Waals surface area (Å²) in [7, 11) is 2.06. The van der Waals surface area contributed by atoms with Gasteiger partial charge >= 0.3 is 0 Å². The van der Waals surface area contributed by atoms with Gasteiger partial charge in [-0.1, -0.05) is 6.92 Å². The molecule has 1 heterocycles. The van der Waals surface area contributed by atoms with Gasteiger partial charge in [0.15, 0.2) is 0 Å². The number of rotatable bonds is 5. The summed E-state index contributed by atoms with van der Waals surface area (Å²) in [6.45, 7) is 6.95. The molecule has 1 aliphatic rings. The van der Waals surface area contributed by atoms with Gasteiger partial charge in [0.25, 0.3) is 0 Å². The lowest BCUT2D eigenvalue weighted by molar-refractivity contribution is -0.124. The van der Waals surface area contributed by atoms with Crippen molar-refractivity contribution in [2.24, 2.45) is 0 Å². The zero-order valence-corrected chi connectivity index (χ0v) is 10.8. The molecule has 1 fully saturated rings. The summed E-state index contributed by atoms with van der Waals surface area (Å²) in [6, 6.07) is 0.499. The molecule has 1 saturated heterocycles. The van der Waals surface area contributed by atoms with E-state index in [1.165, 1.54) is 6.42 Å². The zero-order chi connectivity index (χ0) is 12.0. The predicted octanol–water partition coefficient (Wildman–Crippen LogP) is 0.585. The molecule has 2 atom stereocenters. The molecule has 2 unspecified atom stereocenters. The zero-order valence-electron chi connectivity index (χ0n) is 10.8. The fourth-order valence-corrected chi connectivity index (χ4v) is 2.00. The van der Waals surface area contributed by atoms with E-state index in [-0.39, 0.29) is 11.9 Å². The van der Waals surface area contributed by atoms with E-state index in [1.807, 2.05) is 0 Å². The maximum Gasteiger partial charge on any atom is 0.237 e. The molecule has 4 nitrogen and oxygen atoms in total. The van der Waals surface area contributed by atoms with Crippen LogP contribution in [0.2, 0.25) is 0 Å². The minimum Gasteiger partial charge on any atom is -0.353 e. The maximum absolute atomic E-state index is 11.8. The Bertz CT molecular complexity index is 220. The number of nitrogens with zero attached hydrogens (tertiary/aromatic N) is 1. The lowest BCUT2D eigenvalue weighted by Gasteiger charge is -2.28. The summed E-state index contributed by atoms with van der Waals surface area (Å²) < 4.78 is 0. The number of nitrogens with one attached hydrogen (secondary N) is 2. The van der Waals surface area contributed by atoms with Crippen LogP contribution in [0.1, 0.15) is 33.1 Å². The van der Waals surface area contributed by atoms with Gasteiger partial charge in [0, 0.05) is 19.1 Å². The molecule has 1 aliphatic heterocycles. The van der Waals surface area contributed by atoms with Crippen LogP contribution in [0.3, 0.4) is 0 Å². The highest BCUT2D eigenvalue weighted by Crippen LogP contribution is 2.11. The van der Waals surface area contributed by atoms with Gasteiger partial charge in [-0.15, -0.1) is 0 Å². The average Bonchev–Trinajstić information content (AvgIpc) is 2.28. The largest absolute Gasteiger partial charge is 0.353 e. The second-order valence-corrected chi connectivity index (χ2v) is 4.74. The highest BCUT2D eigenvalue weighted by atomic mass is 16.2. The van der Waals surface area contributed by atoms with Crippen molar-refractivity contribution in [2.45, 2.75) is 45.2 Å². The monoisotopic (exact) mass is 227 g/mol. The number of likely N-dealkylation sites (N-methyl/N-ethyl adjacent to an activating group) is 1. The van der Waals surface area contributed by atoms with Crippen LogP contribution in [0.4, 0.5) is 0 Å². The van der Waals surface area contributed by atoms with Crippen molar-refractivity contribution in [2.75, 3.05) is 26.7 Å². The summed E-state index contributed by atoms with van der Waals surface area (Å²) in [6.07, 6.45) is 3.31. The first-order chi connectivity index (χ1) is 7.63. The van der Waals surface area contributed by atoms with Crippen LogP contribution < -0.4 is 10.6 Å². The van der Waals surface area contributed by atoms with Gasteiger partial charge in [0.05, 0.1) is 6.04 Å². The van der Waals surface area contributed by atoms with Crippen molar-refractivity contribution in [3.63, 3.8) is 0 Å². The molecule has 1 amide bonds. The lowest BCUT2D eigenvalue weighted by atomic mass is 9.99. The van der Waals surface area contributed by atoms with E-state index in [9.17, 15) is 4.79 Å². The van der Waals surface area contributed by atoms with Crippen LogP contribution in [0.15, 0.2) is 0 Å². The molecule has 2 N–H and O–H groups in total. The third kappa shape index (κ3) is 4.49. The second kappa shape index (κ2) is 6.86. The van der Waals surface area contributed by atoms with E-state index in [2.05, 4.69) is 36.4 Å². The smallest absolute Gasteiger partial charge is 0.237 e. The topological polar surface area (TPSA) is 44.4 Å². The summed E-state index contributed by atoms with van der Waals surface area (Å²) in [5.41, 5.74) is 0. The Kier molecular flexibility index (Phi) is 5.77. The van der Waals surface area contributed by atoms with Gasteiger partial charge in [0.2, 0.25) is 5.91 Å². The molecule has 0 spiro atoms. The van der Waals surface area contributed by atoms with E-state index in [0.29, 0.717) is 6.04 Å². The first-order valence-corrected chi connectivity index (χ1v) is 6.35. The average molecular weight is 227 g/mol. The summed E-state index contributed by atoms with van der Waals surface area (Å²) in [5, 5.41) is 6.34. The molecule has 16 heavy (non-hydrogen) atoms. The van der Waals surface area contributed by atoms with Crippen LogP contribution in [0.5, 0.6) is 0 Å². The Balaban J connectivity index is 2.19. The quantitative estimate of drug-likeness (QED) is 0.722. The summed E-state index contributed by atoms with van der Waals surface area (Å²) >= 11 is 0. The van der Waals surface area contributed by atoms with Crippen LogP contribution in [0.25, 0.3) is 0 Å². The molecule has 1 rings (SSSR count). The molecule has 0 aliphatic carbocycles. The molecular formula is C12H25N3O. The number of carbonyl (C=O) groups is 1. The SMILES string of the molecule is CCN(C)CCNC(=O)C1CCCC(C)N1. The first-order valence-electron chi connectivity index (χ1n) is 6.35. The molecule has 0 radical (unpaired) electrons. The summed E-state index contributed by atoms with van der Waals surface area (Å²) in [4.78, 5) is 14.0. The van der Waals surface area contributed by atoms with Crippen molar-refractivity contribution < 1.29 is 4.79 Å². The van der Waals surface area contributed by atoms with E-state index in [4.69, 9.17) is 0 Å². The second-order valence-electron chi connectivity index (χ2n) is 4.74. The highest BCUT2D eigenvalue weighted by molar-refractivity contribution is 5.81. The highest BCUT2D eigenvalue weighted by Gasteiger charge is 2.23. The summed E-state index contributed by atoms with van der Waals surface area (Å²) in [5.74, 6) is 0.163. The Labute approximate surface area is 98.8 Å². The van der Waals surface area contributed by atoms with E-state index < -0.39 is 0 Å². The molecule has 94 valence electrons. The molecule has 4 heteroatoms. The number of hydrogen-bond acceptors (Lipinski definition) is 3. The molecular weight excluding hydrogens is 202 g/mol. The lowest BCUT2D eigenvalue weighted by Crippen LogP contribution is -2.50. The Hall–Kier alpha value is -0.610.